The highest BCUT2D eigenvalue weighted by molar-refractivity contribution is 5.44. The molecule has 2 nitrogen and oxygen atoms in total. The van der Waals surface area contributed by atoms with Gasteiger partial charge in [-0.05, 0) is 60.2 Å². The van der Waals surface area contributed by atoms with Crippen LogP contribution in [0.5, 0.6) is 5.75 Å². The van der Waals surface area contributed by atoms with Crippen molar-refractivity contribution in [2.75, 3.05) is 20.7 Å². The summed E-state index contributed by atoms with van der Waals surface area (Å²) in [5, 5.41) is 0. The first-order chi connectivity index (χ1) is 13.7. The quantitative estimate of drug-likeness (QED) is 0.565. The van der Waals surface area contributed by atoms with Gasteiger partial charge in [0.15, 0.2) is 0 Å². The highest BCUT2D eigenvalue weighted by Gasteiger charge is 2.31. The van der Waals surface area contributed by atoms with Gasteiger partial charge in [-0.15, -0.1) is 0 Å². The molecule has 28 heavy (non-hydrogen) atoms. The molecule has 0 saturated carbocycles. The van der Waals surface area contributed by atoms with Crippen molar-refractivity contribution in [3.8, 4) is 5.75 Å². The Kier molecular flexibility index (Phi) is 5.78. The molecule has 0 spiro atoms. The molecule has 0 aromatic heterocycles. The Labute approximate surface area is 168 Å². The van der Waals surface area contributed by atoms with E-state index < -0.39 is 0 Å². The first-order valence-electron chi connectivity index (χ1n) is 10.2. The molecule has 1 aliphatic carbocycles. The third-order valence-electron chi connectivity index (χ3n) is 5.94. The van der Waals surface area contributed by atoms with Crippen LogP contribution in [0.3, 0.4) is 0 Å². The molecular formula is C26H29NO. The molecule has 4 rings (SSSR count). The molecule has 0 bridgehead atoms. The van der Waals surface area contributed by atoms with Crippen LogP contribution in [-0.4, -0.2) is 25.6 Å². The minimum atomic E-state index is 0.439. The minimum absolute atomic E-state index is 0.439. The predicted octanol–water partition coefficient (Wildman–Crippen LogP) is 5.52. The van der Waals surface area contributed by atoms with Gasteiger partial charge < -0.3 is 9.64 Å². The summed E-state index contributed by atoms with van der Waals surface area (Å²) in [6, 6.07) is 28.4. The molecule has 3 aromatic rings. The lowest BCUT2D eigenvalue weighted by Crippen LogP contribution is -2.32. The van der Waals surface area contributed by atoms with Gasteiger partial charge >= 0.3 is 0 Å². The Morgan fingerprint density at radius 1 is 0.929 bits per heavy atom. The van der Waals surface area contributed by atoms with Crippen molar-refractivity contribution in [2.45, 2.75) is 25.3 Å². The number of benzene rings is 3. The average Bonchev–Trinajstić information content (AvgIpc) is 2.74. The van der Waals surface area contributed by atoms with Crippen LogP contribution in [0.1, 0.15) is 34.6 Å². The van der Waals surface area contributed by atoms with E-state index in [0.29, 0.717) is 11.8 Å². The summed E-state index contributed by atoms with van der Waals surface area (Å²) in [5.74, 6) is 2.01. The number of aryl methyl sites for hydroxylation is 1. The second kappa shape index (κ2) is 8.62. The molecule has 0 saturated heterocycles. The third-order valence-corrected chi connectivity index (χ3v) is 5.94. The van der Waals surface area contributed by atoms with E-state index in [1.165, 1.54) is 28.7 Å². The molecule has 2 unspecified atom stereocenters. The smallest absolute Gasteiger partial charge is 0.119 e. The number of fused-ring (bicyclic) bond motifs is 1. The van der Waals surface area contributed by atoms with E-state index in [1.807, 2.05) is 0 Å². The van der Waals surface area contributed by atoms with Crippen LogP contribution in [0.4, 0.5) is 0 Å². The number of ether oxygens (including phenoxy) is 1. The number of hydrogen-bond donors (Lipinski definition) is 0. The fourth-order valence-electron chi connectivity index (χ4n) is 4.66. The molecule has 2 heteroatoms. The molecule has 3 aromatic carbocycles. The molecule has 144 valence electrons. The minimum Gasteiger partial charge on any atom is -0.497 e. The molecule has 0 fully saturated rings. The van der Waals surface area contributed by atoms with Crippen LogP contribution < -0.4 is 4.74 Å². The summed E-state index contributed by atoms with van der Waals surface area (Å²) < 4.78 is 5.47. The van der Waals surface area contributed by atoms with Crippen molar-refractivity contribution in [2.24, 2.45) is 5.92 Å². The molecule has 0 amide bonds. The second-order valence-corrected chi connectivity index (χ2v) is 7.93. The molecule has 0 aliphatic heterocycles. The first-order valence-corrected chi connectivity index (χ1v) is 10.2. The van der Waals surface area contributed by atoms with E-state index >= 15 is 0 Å². The fourth-order valence-corrected chi connectivity index (χ4v) is 4.66. The Hall–Kier alpha value is -2.58. The van der Waals surface area contributed by atoms with Gasteiger partial charge in [0.05, 0.1) is 7.11 Å². The molecule has 0 heterocycles. The van der Waals surface area contributed by atoms with Crippen molar-refractivity contribution in [3.63, 3.8) is 0 Å². The molecule has 0 N–H and O–H groups in total. The number of methoxy groups -OCH3 is 1. The fraction of sp³-hybridized carbons (Fsp3) is 0.308. The van der Waals surface area contributed by atoms with Crippen molar-refractivity contribution in [1.29, 1.82) is 0 Å². The summed E-state index contributed by atoms with van der Waals surface area (Å²) in [7, 11) is 4.00. The van der Waals surface area contributed by atoms with Crippen LogP contribution >= 0.6 is 0 Å². The van der Waals surface area contributed by atoms with Crippen molar-refractivity contribution >= 4 is 0 Å². The maximum Gasteiger partial charge on any atom is 0.119 e. The normalized spacial score (nSPS) is 18.7. The first kappa shape index (κ1) is 18.8. The summed E-state index contributed by atoms with van der Waals surface area (Å²) >= 11 is 0. The monoisotopic (exact) mass is 371 g/mol. The van der Waals surface area contributed by atoms with Gasteiger partial charge in [-0.1, -0.05) is 66.7 Å². The Balaban J connectivity index is 1.60. The zero-order valence-electron chi connectivity index (χ0n) is 16.8. The van der Waals surface area contributed by atoms with Crippen LogP contribution in [0.25, 0.3) is 0 Å². The molecule has 0 radical (unpaired) electrons. The van der Waals surface area contributed by atoms with E-state index in [0.717, 1.165) is 25.3 Å². The number of hydrogen-bond acceptors (Lipinski definition) is 2. The van der Waals surface area contributed by atoms with E-state index in [9.17, 15) is 0 Å². The van der Waals surface area contributed by atoms with Crippen LogP contribution in [0, 0.1) is 5.92 Å². The van der Waals surface area contributed by atoms with Crippen molar-refractivity contribution in [1.82, 2.24) is 4.90 Å². The average molecular weight is 372 g/mol. The van der Waals surface area contributed by atoms with Crippen LogP contribution in [0.15, 0.2) is 78.9 Å². The van der Waals surface area contributed by atoms with E-state index in [1.54, 1.807) is 7.11 Å². The lowest BCUT2D eigenvalue weighted by atomic mass is 9.71. The van der Waals surface area contributed by atoms with Gasteiger partial charge in [0.2, 0.25) is 0 Å². The SMILES string of the molecule is COc1ccc2c(c1)CCC(CN(C)Cc1ccccc1)C2c1ccccc1. The summed E-state index contributed by atoms with van der Waals surface area (Å²) in [4.78, 5) is 2.48. The predicted molar refractivity (Wildman–Crippen MR) is 116 cm³/mol. The topological polar surface area (TPSA) is 12.5 Å². The van der Waals surface area contributed by atoms with Crippen molar-refractivity contribution in [3.05, 3.63) is 101 Å². The highest BCUT2D eigenvalue weighted by atomic mass is 16.5. The summed E-state index contributed by atoms with van der Waals surface area (Å²) in [5.41, 5.74) is 5.71. The van der Waals surface area contributed by atoms with Crippen LogP contribution in [-0.2, 0) is 13.0 Å². The second-order valence-electron chi connectivity index (χ2n) is 7.93. The van der Waals surface area contributed by atoms with Gasteiger partial charge in [0.1, 0.15) is 5.75 Å². The Morgan fingerprint density at radius 2 is 1.64 bits per heavy atom. The van der Waals surface area contributed by atoms with E-state index in [-0.39, 0.29) is 0 Å². The zero-order chi connectivity index (χ0) is 19.3. The lowest BCUT2D eigenvalue weighted by Gasteiger charge is -2.36. The number of rotatable bonds is 6. The van der Waals surface area contributed by atoms with Gasteiger partial charge in [0.25, 0.3) is 0 Å². The summed E-state index contributed by atoms with van der Waals surface area (Å²) in [6.07, 6.45) is 2.33. The van der Waals surface area contributed by atoms with E-state index in [4.69, 9.17) is 4.74 Å². The Morgan fingerprint density at radius 3 is 2.36 bits per heavy atom. The Bertz CT molecular complexity index is 891. The number of nitrogens with zero attached hydrogens (tertiary/aromatic N) is 1. The van der Waals surface area contributed by atoms with Gasteiger partial charge in [-0.2, -0.15) is 0 Å². The van der Waals surface area contributed by atoms with Gasteiger partial charge in [-0.3, -0.25) is 0 Å². The lowest BCUT2D eigenvalue weighted by molar-refractivity contribution is 0.239. The molecule has 2 atom stereocenters. The standard InChI is InChI=1S/C26H29NO/c1-27(18-20-9-5-3-6-10-20)19-23-14-13-22-17-24(28-2)15-16-25(22)26(23)21-11-7-4-8-12-21/h3-12,15-17,23,26H,13-14,18-19H2,1-2H3. The van der Waals surface area contributed by atoms with Crippen molar-refractivity contribution < 1.29 is 4.74 Å². The largest absolute Gasteiger partial charge is 0.497 e. The summed E-state index contributed by atoms with van der Waals surface area (Å²) in [6.45, 7) is 2.09. The molecule has 1 aliphatic rings. The third kappa shape index (κ3) is 4.13. The van der Waals surface area contributed by atoms with E-state index in [2.05, 4.69) is 90.8 Å². The zero-order valence-corrected chi connectivity index (χ0v) is 16.8. The van der Waals surface area contributed by atoms with Gasteiger partial charge in [0, 0.05) is 19.0 Å². The van der Waals surface area contributed by atoms with Gasteiger partial charge in [-0.25, -0.2) is 0 Å². The maximum atomic E-state index is 5.47. The van der Waals surface area contributed by atoms with Crippen LogP contribution in [0.2, 0.25) is 0 Å². The highest BCUT2D eigenvalue weighted by Crippen LogP contribution is 2.42. The maximum absolute atomic E-state index is 5.47. The molecular weight excluding hydrogens is 342 g/mol.